The summed E-state index contributed by atoms with van der Waals surface area (Å²) in [7, 11) is 1.62. The molecular weight excluding hydrogens is 330 g/mol. The number of benzene rings is 1. The molecule has 0 unspecified atom stereocenters. The minimum absolute atomic E-state index is 0.130. The lowest BCUT2D eigenvalue weighted by molar-refractivity contribution is -0.386. The summed E-state index contributed by atoms with van der Waals surface area (Å²) in [5, 5.41) is 20.8. The Bertz CT molecular complexity index is 464. The third kappa shape index (κ3) is 4.73. The number of rotatable bonds is 8. The van der Waals surface area contributed by atoms with Gasteiger partial charge in [0.05, 0.1) is 17.6 Å². The number of methoxy groups -OCH3 is 1. The summed E-state index contributed by atoms with van der Waals surface area (Å²) in [6.45, 7) is 2.50. The van der Waals surface area contributed by atoms with Gasteiger partial charge in [0.15, 0.2) is 0 Å². The summed E-state index contributed by atoms with van der Waals surface area (Å²) < 4.78 is 11.0. The highest BCUT2D eigenvalue weighted by molar-refractivity contribution is 9.10. The molecule has 0 aromatic heterocycles. The Balaban J connectivity index is 2.92. The molecule has 0 saturated heterocycles. The maximum atomic E-state index is 11.1. The molecule has 0 fully saturated rings. The van der Waals surface area contributed by atoms with Crippen molar-refractivity contribution in [2.75, 3.05) is 20.3 Å². The molecule has 0 aliphatic rings. The molecule has 0 saturated carbocycles. The normalized spacial score (nSPS) is 12.2. The van der Waals surface area contributed by atoms with Crippen LogP contribution in [-0.4, -0.2) is 30.4 Å². The Morgan fingerprint density at radius 2 is 2.05 bits per heavy atom. The smallest absolute Gasteiger partial charge is 0.312 e. The van der Waals surface area contributed by atoms with E-state index in [1.807, 2.05) is 0 Å². The predicted molar refractivity (Wildman–Crippen MR) is 78.0 cm³/mol. The van der Waals surface area contributed by atoms with E-state index < -0.39 is 11.0 Å². The predicted octanol–water partition coefficient (Wildman–Crippen LogP) is 3.22. The van der Waals surface area contributed by atoms with Crippen molar-refractivity contribution >= 4 is 21.6 Å². The van der Waals surface area contributed by atoms with Gasteiger partial charge in [-0.1, -0.05) is 15.9 Å². The first-order valence-corrected chi connectivity index (χ1v) is 7.04. The Morgan fingerprint density at radius 1 is 1.40 bits per heavy atom. The molecule has 1 N–H and O–H groups in total. The molecule has 0 aliphatic carbocycles. The maximum Gasteiger partial charge on any atom is 0.312 e. The number of halogens is 1. The average molecular weight is 348 g/mol. The van der Waals surface area contributed by atoms with Crippen LogP contribution in [0.1, 0.15) is 31.4 Å². The number of nitro groups is 1. The van der Waals surface area contributed by atoms with E-state index in [0.29, 0.717) is 23.2 Å². The zero-order chi connectivity index (χ0) is 15.1. The fourth-order valence-corrected chi connectivity index (χ4v) is 2.19. The lowest BCUT2D eigenvalue weighted by Gasteiger charge is -2.14. The third-order valence-electron chi connectivity index (χ3n) is 2.70. The second-order valence-corrected chi connectivity index (χ2v) is 5.24. The van der Waals surface area contributed by atoms with Crippen molar-refractivity contribution in [1.82, 2.24) is 0 Å². The lowest BCUT2D eigenvalue weighted by Crippen LogP contribution is -2.06. The van der Waals surface area contributed by atoms with E-state index in [4.69, 9.17) is 9.47 Å². The van der Waals surface area contributed by atoms with Crippen LogP contribution < -0.4 is 4.74 Å². The van der Waals surface area contributed by atoms with Crippen LogP contribution in [0.25, 0.3) is 0 Å². The van der Waals surface area contributed by atoms with Gasteiger partial charge in [0.2, 0.25) is 5.75 Å². The second kappa shape index (κ2) is 8.18. The fourth-order valence-electron chi connectivity index (χ4n) is 1.73. The van der Waals surface area contributed by atoms with Gasteiger partial charge in [-0.25, -0.2) is 0 Å². The monoisotopic (exact) mass is 347 g/mol. The van der Waals surface area contributed by atoms with Crippen molar-refractivity contribution in [3.63, 3.8) is 0 Å². The van der Waals surface area contributed by atoms with Gasteiger partial charge in [-0.3, -0.25) is 10.1 Å². The minimum Gasteiger partial charge on any atom is -0.487 e. The summed E-state index contributed by atoms with van der Waals surface area (Å²) in [5.41, 5.74) is 0.250. The first-order chi connectivity index (χ1) is 9.47. The van der Waals surface area contributed by atoms with Crippen molar-refractivity contribution in [3.8, 4) is 5.75 Å². The van der Waals surface area contributed by atoms with Gasteiger partial charge in [0, 0.05) is 29.8 Å². The number of nitro benzene ring substituents is 1. The molecule has 0 spiro atoms. The SMILES string of the molecule is COCCCCOc1c([C@H](C)O)cc(Br)cc1[N+](=O)[O-]. The highest BCUT2D eigenvalue weighted by Crippen LogP contribution is 2.37. The molecular formula is C13H18BrNO5. The molecule has 1 atom stereocenters. The molecule has 1 aromatic carbocycles. The molecule has 1 rings (SSSR count). The standard InChI is InChI=1S/C13H18BrNO5/c1-9(16)11-7-10(14)8-12(15(17)18)13(11)20-6-4-3-5-19-2/h7-9,16H,3-6H2,1-2H3/t9-/m0/s1. The number of aliphatic hydroxyl groups is 1. The van der Waals surface area contributed by atoms with E-state index in [2.05, 4.69) is 15.9 Å². The van der Waals surface area contributed by atoms with Crippen LogP contribution in [-0.2, 0) is 4.74 Å². The van der Waals surface area contributed by atoms with Crippen molar-refractivity contribution in [2.24, 2.45) is 0 Å². The van der Waals surface area contributed by atoms with Gasteiger partial charge >= 0.3 is 5.69 Å². The lowest BCUT2D eigenvalue weighted by atomic mass is 10.1. The van der Waals surface area contributed by atoms with E-state index in [0.717, 1.165) is 12.8 Å². The second-order valence-electron chi connectivity index (χ2n) is 4.32. The van der Waals surface area contributed by atoms with E-state index in [9.17, 15) is 15.2 Å². The van der Waals surface area contributed by atoms with Crippen molar-refractivity contribution in [1.29, 1.82) is 0 Å². The van der Waals surface area contributed by atoms with Crippen molar-refractivity contribution in [2.45, 2.75) is 25.9 Å². The summed E-state index contributed by atoms with van der Waals surface area (Å²) in [5.74, 6) is 0.130. The van der Waals surface area contributed by atoms with E-state index >= 15 is 0 Å². The van der Waals surface area contributed by atoms with Crippen molar-refractivity contribution in [3.05, 3.63) is 32.3 Å². The van der Waals surface area contributed by atoms with E-state index in [-0.39, 0.29) is 11.4 Å². The van der Waals surface area contributed by atoms with Gasteiger partial charge in [-0.15, -0.1) is 0 Å². The zero-order valence-corrected chi connectivity index (χ0v) is 13.1. The Morgan fingerprint density at radius 3 is 2.60 bits per heavy atom. The third-order valence-corrected chi connectivity index (χ3v) is 3.16. The number of nitrogens with zero attached hydrogens (tertiary/aromatic N) is 1. The van der Waals surface area contributed by atoms with Gasteiger partial charge in [0.1, 0.15) is 0 Å². The fraction of sp³-hybridized carbons (Fsp3) is 0.538. The molecule has 0 radical (unpaired) electrons. The Kier molecular flexibility index (Phi) is 6.90. The Hall–Kier alpha value is -1.18. The summed E-state index contributed by atoms with van der Waals surface area (Å²) in [4.78, 5) is 10.6. The molecule has 6 nitrogen and oxygen atoms in total. The van der Waals surface area contributed by atoms with Crippen LogP contribution in [0.4, 0.5) is 5.69 Å². The molecule has 0 amide bonds. The Labute approximate surface area is 126 Å². The summed E-state index contributed by atoms with van der Waals surface area (Å²) >= 11 is 3.20. The largest absolute Gasteiger partial charge is 0.487 e. The van der Waals surface area contributed by atoms with Gasteiger partial charge < -0.3 is 14.6 Å². The van der Waals surface area contributed by atoms with Crippen LogP contribution in [0.15, 0.2) is 16.6 Å². The van der Waals surface area contributed by atoms with E-state index in [1.54, 1.807) is 20.1 Å². The van der Waals surface area contributed by atoms with Crippen LogP contribution in [0.2, 0.25) is 0 Å². The number of unbranched alkanes of at least 4 members (excludes halogenated alkanes) is 1. The molecule has 0 aliphatic heterocycles. The quantitative estimate of drug-likeness (QED) is 0.443. The summed E-state index contributed by atoms with van der Waals surface area (Å²) in [6, 6.07) is 3.00. The molecule has 112 valence electrons. The zero-order valence-electron chi connectivity index (χ0n) is 11.5. The first-order valence-electron chi connectivity index (χ1n) is 6.25. The van der Waals surface area contributed by atoms with Crippen LogP contribution in [0, 0.1) is 10.1 Å². The first kappa shape index (κ1) is 16.9. The molecule has 0 bridgehead atoms. The van der Waals surface area contributed by atoms with Gasteiger partial charge in [-0.2, -0.15) is 0 Å². The topological polar surface area (TPSA) is 81.8 Å². The molecule has 1 aromatic rings. The van der Waals surface area contributed by atoms with E-state index in [1.165, 1.54) is 6.07 Å². The van der Waals surface area contributed by atoms with Gasteiger partial charge in [-0.05, 0) is 25.8 Å². The number of hydrogen-bond acceptors (Lipinski definition) is 5. The van der Waals surface area contributed by atoms with Gasteiger partial charge in [0.25, 0.3) is 0 Å². The number of hydrogen-bond donors (Lipinski definition) is 1. The molecule has 0 heterocycles. The average Bonchev–Trinajstić information content (AvgIpc) is 2.38. The number of aliphatic hydroxyl groups excluding tert-OH is 1. The number of ether oxygens (including phenoxy) is 2. The summed E-state index contributed by atoms with van der Waals surface area (Å²) in [6.07, 6.45) is 0.686. The van der Waals surface area contributed by atoms with Crippen LogP contribution >= 0.6 is 15.9 Å². The molecule has 20 heavy (non-hydrogen) atoms. The minimum atomic E-state index is -0.847. The molecule has 7 heteroatoms. The highest BCUT2D eigenvalue weighted by Gasteiger charge is 2.23. The highest BCUT2D eigenvalue weighted by atomic mass is 79.9. The maximum absolute atomic E-state index is 11.1. The van der Waals surface area contributed by atoms with Crippen LogP contribution in [0.5, 0.6) is 5.75 Å². The van der Waals surface area contributed by atoms with Crippen molar-refractivity contribution < 1.29 is 19.5 Å². The van der Waals surface area contributed by atoms with Crippen LogP contribution in [0.3, 0.4) is 0 Å².